The molecule has 2 rings (SSSR count). The fourth-order valence-corrected chi connectivity index (χ4v) is 3.31. The highest BCUT2D eigenvalue weighted by Crippen LogP contribution is 2.24. The first kappa shape index (κ1) is 15.2. The summed E-state index contributed by atoms with van der Waals surface area (Å²) in [6.07, 6.45) is 4.89. The summed E-state index contributed by atoms with van der Waals surface area (Å²) >= 11 is 1.57. The monoisotopic (exact) mass is 293 g/mol. The van der Waals surface area contributed by atoms with Gasteiger partial charge in [-0.05, 0) is 43.0 Å². The minimum Gasteiger partial charge on any atom is -0.497 e. The topological polar surface area (TPSA) is 38.3 Å². The molecule has 1 amide bonds. The molecule has 0 spiro atoms. The number of ether oxygens (including phenoxy) is 1. The number of amides is 1. The molecule has 1 aliphatic carbocycles. The Bertz CT molecular complexity index is 433. The van der Waals surface area contributed by atoms with E-state index in [1.807, 2.05) is 24.3 Å². The zero-order valence-corrected chi connectivity index (χ0v) is 13.0. The lowest BCUT2D eigenvalue weighted by Crippen LogP contribution is -2.41. The van der Waals surface area contributed by atoms with E-state index in [4.69, 9.17) is 4.74 Å². The van der Waals surface area contributed by atoms with Crippen molar-refractivity contribution in [3.63, 3.8) is 0 Å². The molecular weight excluding hydrogens is 270 g/mol. The number of hydrogen-bond donors (Lipinski definition) is 1. The van der Waals surface area contributed by atoms with Crippen LogP contribution in [-0.4, -0.2) is 24.8 Å². The van der Waals surface area contributed by atoms with E-state index in [9.17, 15) is 4.79 Å². The molecule has 1 N–H and O–H groups in total. The third-order valence-corrected chi connectivity index (χ3v) is 4.90. The highest BCUT2D eigenvalue weighted by molar-refractivity contribution is 8.00. The Labute approximate surface area is 125 Å². The summed E-state index contributed by atoms with van der Waals surface area (Å²) < 4.78 is 5.12. The van der Waals surface area contributed by atoms with E-state index >= 15 is 0 Å². The first-order valence-corrected chi connectivity index (χ1v) is 8.24. The summed E-state index contributed by atoms with van der Waals surface area (Å²) in [5.41, 5.74) is 0. The average Bonchev–Trinajstić information content (AvgIpc) is 2.48. The highest BCUT2D eigenvalue weighted by Gasteiger charge is 2.22. The maximum atomic E-state index is 12.0. The molecule has 1 fully saturated rings. The molecule has 20 heavy (non-hydrogen) atoms. The number of carbonyl (C=O) groups is 1. The van der Waals surface area contributed by atoms with Crippen LogP contribution in [0.15, 0.2) is 29.2 Å². The first-order valence-electron chi connectivity index (χ1n) is 7.25. The van der Waals surface area contributed by atoms with E-state index in [2.05, 4.69) is 12.2 Å². The summed E-state index contributed by atoms with van der Waals surface area (Å²) in [7, 11) is 1.65. The molecule has 4 heteroatoms. The number of hydrogen-bond acceptors (Lipinski definition) is 3. The number of carbonyl (C=O) groups excluding carboxylic acids is 1. The summed E-state index contributed by atoms with van der Waals surface area (Å²) in [5.74, 6) is 2.08. The lowest BCUT2D eigenvalue weighted by molar-refractivity contribution is -0.119. The Morgan fingerprint density at radius 2 is 2.00 bits per heavy atom. The molecule has 1 saturated carbocycles. The van der Waals surface area contributed by atoms with E-state index in [0.717, 1.165) is 17.1 Å². The Hall–Kier alpha value is -1.16. The fraction of sp³-hybridized carbons (Fsp3) is 0.562. The molecule has 2 atom stereocenters. The van der Waals surface area contributed by atoms with Crippen LogP contribution in [0.25, 0.3) is 0 Å². The Morgan fingerprint density at radius 1 is 1.30 bits per heavy atom. The van der Waals surface area contributed by atoms with Gasteiger partial charge < -0.3 is 10.1 Å². The molecule has 1 aliphatic rings. The zero-order valence-electron chi connectivity index (χ0n) is 12.2. The van der Waals surface area contributed by atoms with Crippen LogP contribution >= 0.6 is 11.8 Å². The highest BCUT2D eigenvalue weighted by atomic mass is 32.2. The minimum atomic E-state index is 0.143. The molecule has 0 radical (unpaired) electrons. The molecule has 0 bridgehead atoms. The van der Waals surface area contributed by atoms with Gasteiger partial charge in [0, 0.05) is 10.9 Å². The van der Waals surface area contributed by atoms with E-state index in [1.54, 1.807) is 18.9 Å². The van der Waals surface area contributed by atoms with Crippen molar-refractivity contribution in [2.75, 3.05) is 12.9 Å². The first-order chi connectivity index (χ1) is 9.69. The van der Waals surface area contributed by atoms with Gasteiger partial charge in [0.15, 0.2) is 0 Å². The van der Waals surface area contributed by atoms with Gasteiger partial charge in [-0.3, -0.25) is 4.79 Å². The van der Waals surface area contributed by atoms with E-state index in [-0.39, 0.29) is 5.91 Å². The van der Waals surface area contributed by atoms with Gasteiger partial charge >= 0.3 is 0 Å². The lowest BCUT2D eigenvalue weighted by Gasteiger charge is -2.29. The molecule has 0 aromatic heterocycles. The van der Waals surface area contributed by atoms with Crippen LogP contribution in [0.3, 0.4) is 0 Å². The molecular formula is C16H23NO2S. The van der Waals surface area contributed by atoms with Crippen LogP contribution in [0.2, 0.25) is 0 Å². The fourth-order valence-electron chi connectivity index (χ4n) is 2.60. The van der Waals surface area contributed by atoms with Gasteiger partial charge in [-0.15, -0.1) is 11.8 Å². The van der Waals surface area contributed by atoms with E-state index in [1.165, 1.54) is 19.3 Å². The van der Waals surface area contributed by atoms with E-state index in [0.29, 0.717) is 17.7 Å². The van der Waals surface area contributed by atoms with Crippen LogP contribution in [0, 0.1) is 5.92 Å². The van der Waals surface area contributed by atoms with Gasteiger partial charge in [0.2, 0.25) is 5.91 Å². The lowest BCUT2D eigenvalue weighted by atomic mass is 9.86. The van der Waals surface area contributed by atoms with Gasteiger partial charge in [0.25, 0.3) is 0 Å². The Balaban J connectivity index is 1.76. The van der Waals surface area contributed by atoms with Crippen LogP contribution in [-0.2, 0) is 4.79 Å². The molecule has 1 aromatic rings. The molecule has 2 unspecified atom stereocenters. The third kappa shape index (κ3) is 4.44. The second-order valence-corrected chi connectivity index (χ2v) is 6.45. The van der Waals surface area contributed by atoms with Gasteiger partial charge in [0.1, 0.15) is 5.75 Å². The summed E-state index contributed by atoms with van der Waals surface area (Å²) in [6, 6.07) is 8.18. The molecule has 0 heterocycles. The zero-order chi connectivity index (χ0) is 14.4. The summed E-state index contributed by atoms with van der Waals surface area (Å²) in [5, 5.41) is 3.18. The van der Waals surface area contributed by atoms with Crippen LogP contribution in [0.5, 0.6) is 5.75 Å². The van der Waals surface area contributed by atoms with Gasteiger partial charge in [0.05, 0.1) is 12.9 Å². The van der Waals surface area contributed by atoms with Gasteiger partial charge in [-0.25, -0.2) is 0 Å². The Kier molecular flexibility index (Phi) is 5.77. The molecule has 1 aromatic carbocycles. The smallest absolute Gasteiger partial charge is 0.230 e. The van der Waals surface area contributed by atoms with Crippen molar-refractivity contribution < 1.29 is 9.53 Å². The van der Waals surface area contributed by atoms with Crippen molar-refractivity contribution in [1.29, 1.82) is 0 Å². The standard InChI is InChI=1S/C16H23NO2S/c1-12-5-3-4-6-15(12)17-16(18)11-20-14-9-7-13(19-2)8-10-14/h7-10,12,15H,3-6,11H2,1-2H3,(H,17,18). The largest absolute Gasteiger partial charge is 0.497 e. The number of methoxy groups -OCH3 is 1. The molecule has 110 valence electrons. The normalized spacial score (nSPS) is 22.3. The predicted octanol–water partition coefficient (Wildman–Crippen LogP) is 3.48. The maximum absolute atomic E-state index is 12.0. The second kappa shape index (κ2) is 7.58. The quantitative estimate of drug-likeness (QED) is 0.845. The van der Waals surface area contributed by atoms with Crippen molar-refractivity contribution in [3.8, 4) is 5.75 Å². The summed E-state index contributed by atoms with van der Waals surface area (Å²) in [6.45, 7) is 2.24. The summed E-state index contributed by atoms with van der Waals surface area (Å²) in [4.78, 5) is 13.1. The van der Waals surface area contributed by atoms with Crippen molar-refractivity contribution in [1.82, 2.24) is 5.32 Å². The molecule has 0 saturated heterocycles. The van der Waals surface area contributed by atoms with Crippen molar-refractivity contribution >= 4 is 17.7 Å². The van der Waals surface area contributed by atoms with Crippen LogP contribution < -0.4 is 10.1 Å². The van der Waals surface area contributed by atoms with Crippen molar-refractivity contribution in [3.05, 3.63) is 24.3 Å². The number of thioether (sulfide) groups is 1. The number of rotatable bonds is 5. The number of benzene rings is 1. The second-order valence-electron chi connectivity index (χ2n) is 5.40. The molecule has 0 aliphatic heterocycles. The predicted molar refractivity (Wildman–Crippen MR) is 83.3 cm³/mol. The van der Waals surface area contributed by atoms with E-state index < -0.39 is 0 Å². The van der Waals surface area contributed by atoms with Gasteiger partial charge in [-0.1, -0.05) is 19.8 Å². The minimum absolute atomic E-state index is 0.143. The van der Waals surface area contributed by atoms with Crippen molar-refractivity contribution in [2.45, 2.75) is 43.5 Å². The van der Waals surface area contributed by atoms with Crippen LogP contribution in [0.4, 0.5) is 0 Å². The maximum Gasteiger partial charge on any atom is 0.230 e. The SMILES string of the molecule is COc1ccc(SCC(=O)NC2CCCCC2C)cc1. The van der Waals surface area contributed by atoms with Gasteiger partial charge in [-0.2, -0.15) is 0 Å². The van der Waals surface area contributed by atoms with Crippen molar-refractivity contribution in [2.24, 2.45) is 5.92 Å². The average molecular weight is 293 g/mol. The Morgan fingerprint density at radius 3 is 2.65 bits per heavy atom. The third-order valence-electron chi connectivity index (χ3n) is 3.89. The number of nitrogens with one attached hydrogen (secondary N) is 1. The van der Waals surface area contributed by atoms with Crippen LogP contribution in [0.1, 0.15) is 32.6 Å². The molecule has 3 nitrogen and oxygen atoms in total.